The van der Waals surface area contributed by atoms with E-state index < -0.39 is 0 Å². The van der Waals surface area contributed by atoms with Gasteiger partial charge >= 0.3 is 0 Å². The molecule has 4 nitrogen and oxygen atoms in total. The predicted octanol–water partition coefficient (Wildman–Crippen LogP) is 4.84. The highest BCUT2D eigenvalue weighted by Gasteiger charge is 2.19. The Labute approximate surface area is 155 Å². The second-order valence-corrected chi connectivity index (χ2v) is 8.31. The zero-order chi connectivity index (χ0) is 17.2. The summed E-state index contributed by atoms with van der Waals surface area (Å²) in [5, 5.41) is 1.10. The zero-order valence-electron chi connectivity index (χ0n) is 14.2. The van der Waals surface area contributed by atoms with Crippen molar-refractivity contribution in [3.05, 3.63) is 40.5 Å². The summed E-state index contributed by atoms with van der Waals surface area (Å²) >= 11 is 3.48. The van der Waals surface area contributed by atoms with E-state index in [2.05, 4.69) is 11.1 Å². The Morgan fingerprint density at radius 2 is 2.00 bits per heavy atom. The van der Waals surface area contributed by atoms with E-state index in [1.807, 2.05) is 18.2 Å². The lowest BCUT2D eigenvalue weighted by molar-refractivity contribution is 0.405. The third-order valence-electron chi connectivity index (χ3n) is 4.56. The van der Waals surface area contributed by atoms with Crippen molar-refractivity contribution in [2.75, 3.05) is 12.8 Å². The third-order valence-corrected chi connectivity index (χ3v) is 6.80. The number of hydrogen-bond donors (Lipinski definition) is 1. The number of hydrogen-bond acceptors (Lipinski definition) is 6. The van der Waals surface area contributed by atoms with Gasteiger partial charge in [0, 0.05) is 9.77 Å². The lowest BCUT2D eigenvalue weighted by Gasteiger charge is -2.08. The Hall–Kier alpha value is -1.79. The lowest BCUT2D eigenvalue weighted by atomic mass is 10.1. The minimum Gasteiger partial charge on any atom is -0.496 e. The second kappa shape index (κ2) is 7.22. The van der Waals surface area contributed by atoms with Crippen LogP contribution in [-0.2, 0) is 18.6 Å². The van der Waals surface area contributed by atoms with Crippen LogP contribution in [0.15, 0.2) is 29.2 Å². The van der Waals surface area contributed by atoms with Gasteiger partial charge in [-0.3, -0.25) is 0 Å². The monoisotopic (exact) mass is 371 g/mol. The first-order valence-corrected chi connectivity index (χ1v) is 10.4. The van der Waals surface area contributed by atoms with Gasteiger partial charge in [-0.15, -0.1) is 23.1 Å². The molecule has 0 radical (unpaired) electrons. The largest absolute Gasteiger partial charge is 0.496 e. The Bertz CT molecular complexity index is 907. The van der Waals surface area contributed by atoms with Gasteiger partial charge in [0.15, 0.2) is 0 Å². The maximum Gasteiger partial charge on any atom is 0.142 e. The molecular weight excluding hydrogens is 350 g/mol. The molecule has 0 bridgehead atoms. The molecule has 0 saturated carbocycles. The molecule has 0 saturated heterocycles. The molecule has 6 heteroatoms. The Balaban J connectivity index is 1.63. The molecular formula is C19H21N3OS2. The van der Waals surface area contributed by atoms with Gasteiger partial charge < -0.3 is 10.5 Å². The molecule has 1 aromatic carbocycles. The summed E-state index contributed by atoms with van der Waals surface area (Å²) < 4.78 is 5.41. The molecule has 0 unspecified atom stereocenters. The van der Waals surface area contributed by atoms with Crippen molar-refractivity contribution >= 4 is 39.1 Å². The van der Waals surface area contributed by atoms with E-state index >= 15 is 0 Å². The van der Waals surface area contributed by atoms with Crippen molar-refractivity contribution in [2.24, 2.45) is 0 Å². The van der Waals surface area contributed by atoms with Gasteiger partial charge in [0.25, 0.3) is 0 Å². The van der Waals surface area contributed by atoms with Crippen LogP contribution < -0.4 is 10.5 Å². The Kier molecular flexibility index (Phi) is 4.81. The normalized spacial score (nSPS) is 14.3. The van der Waals surface area contributed by atoms with Gasteiger partial charge in [-0.25, -0.2) is 9.97 Å². The van der Waals surface area contributed by atoms with Crippen LogP contribution in [0.1, 0.15) is 35.5 Å². The molecule has 4 rings (SSSR count). The van der Waals surface area contributed by atoms with Gasteiger partial charge in [-0.1, -0.05) is 18.6 Å². The quantitative estimate of drug-likeness (QED) is 0.525. The number of rotatable bonds is 4. The number of nitrogen functional groups attached to an aromatic ring is 1. The molecule has 0 aliphatic heterocycles. The minimum absolute atomic E-state index is 0.639. The number of anilines is 1. The number of nitrogens with two attached hydrogens (primary N) is 1. The molecule has 1 aliphatic rings. The standard InChI is InChI=1S/C19H21N3OS2/c1-23-13-8-5-6-10-15(13)24-11-16-21-18(20)17-12-7-3-2-4-9-14(12)25-19(17)22-16/h5-6,8,10H,2-4,7,9,11H2,1H3,(H2,20,21,22). The summed E-state index contributed by atoms with van der Waals surface area (Å²) in [4.78, 5) is 13.0. The van der Waals surface area contributed by atoms with Crippen molar-refractivity contribution in [1.82, 2.24) is 9.97 Å². The molecule has 25 heavy (non-hydrogen) atoms. The number of nitrogens with zero attached hydrogens (tertiary/aromatic N) is 2. The average molecular weight is 372 g/mol. The van der Waals surface area contributed by atoms with Crippen LogP contribution in [0.3, 0.4) is 0 Å². The topological polar surface area (TPSA) is 61.0 Å². The van der Waals surface area contributed by atoms with E-state index in [0.29, 0.717) is 11.6 Å². The molecule has 1 aliphatic carbocycles. The van der Waals surface area contributed by atoms with Crippen molar-refractivity contribution in [3.8, 4) is 5.75 Å². The highest BCUT2D eigenvalue weighted by atomic mass is 32.2. The van der Waals surface area contributed by atoms with Crippen LogP contribution in [0.4, 0.5) is 5.82 Å². The number of aryl methyl sites for hydroxylation is 2. The second-order valence-electron chi connectivity index (χ2n) is 6.21. The summed E-state index contributed by atoms with van der Waals surface area (Å²) in [6.07, 6.45) is 6.07. The first-order valence-electron chi connectivity index (χ1n) is 8.58. The van der Waals surface area contributed by atoms with Gasteiger partial charge in [-0.05, 0) is 43.4 Å². The summed E-state index contributed by atoms with van der Waals surface area (Å²) in [6.45, 7) is 0. The van der Waals surface area contributed by atoms with E-state index in [4.69, 9.17) is 15.5 Å². The fourth-order valence-corrected chi connectivity index (χ4v) is 5.52. The fourth-order valence-electron chi connectivity index (χ4n) is 3.35. The van der Waals surface area contributed by atoms with E-state index in [1.165, 1.54) is 29.7 Å². The van der Waals surface area contributed by atoms with E-state index in [9.17, 15) is 0 Å². The van der Waals surface area contributed by atoms with Crippen molar-refractivity contribution < 1.29 is 4.74 Å². The van der Waals surface area contributed by atoms with Gasteiger partial charge in [0.05, 0.1) is 18.2 Å². The van der Waals surface area contributed by atoms with Crippen molar-refractivity contribution in [1.29, 1.82) is 0 Å². The third kappa shape index (κ3) is 3.33. The van der Waals surface area contributed by atoms with Crippen LogP contribution in [0, 0.1) is 0 Å². The molecule has 2 heterocycles. The first kappa shape index (κ1) is 16.7. The Morgan fingerprint density at radius 1 is 1.16 bits per heavy atom. The van der Waals surface area contributed by atoms with Crippen molar-refractivity contribution in [2.45, 2.75) is 42.8 Å². The van der Waals surface area contributed by atoms with Crippen molar-refractivity contribution in [3.63, 3.8) is 0 Å². The number of methoxy groups -OCH3 is 1. The first-order chi connectivity index (χ1) is 12.3. The SMILES string of the molecule is COc1ccccc1SCc1nc(N)c2c3c(sc2n1)CCCCC3. The van der Waals surface area contributed by atoms with E-state index in [0.717, 1.165) is 39.5 Å². The summed E-state index contributed by atoms with van der Waals surface area (Å²) in [6, 6.07) is 8.01. The number of thiophene rings is 1. The highest BCUT2D eigenvalue weighted by Crippen LogP contribution is 2.38. The number of benzene rings is 1. The molecule has 130 valence electrons. The zero-order valence-corrected chi connectivity index (χ0v) is 15.9. The maximum absolute atomic E-state index is 6.32. The summed E-state index contributed by atoms with van der Waals surface area (Å²) in [5.41, 5.74) is 7.72. The number of para-hydroxylation sites is 1. The molecule has 0 spiro atoms. The average Bonchev–Trinajstić information content (AvgIpc) is 2.82. The maximum atomic E-state index is 6.32. The molecule has 0 fully saturated rings. The fraction of sp³-hybridized carbons (Fsp3) is 0.368. The van der Waals surface area contributed by atoms with Crippen LogP contribution in [-0.4, -0.2) is 17.1 Å². The lowest BCUT2D eigenvalue weighted by Crippen LogP contribution is -2.00. The number of ether oxygens (including phenoxy) is 1. The van der Waals surface area contributed by atoms with Gasteiger partial charge in [0.1, 0.15) is 22.2 Å². The van der Waals surface area contributed by atoms with Crippen LogP contribution in [0.25, 0.3) is 10.2 Å². The number of aromatic nitrogens is 2. The minimum atomic E-state index is 0.639. The highest BCUT2D eigenvalue weighted by molar-refractivity contribution is 7.98. The van der Waals surface area contributed by atoms with Crippen LogP contribution >= 0.6 is 23.1 Å². The van der Waals surface area contributed by atoms with E-state index in [-0.39, 0.29) is 0 Å². The molecule has 0 atom stereocenters. The van der Waals surface area contributed by atoms with Gasteiger partial charge in [0.2, 0.25) is 0 Å². The Morgan fingerprint density at radius 3 is 2.88 bits per heavy atom. The summed E-state index contributed by atoms with van der Waals surface area (Å²) in [7, 11) is 1.69. The molecule has 0 amide bonds. The van der Waals surface area contributed by atoms with Gasteiger partial charge in [-0.2, -0.15) is 0 Å². The molecule has 3 aromatic rings. The predicted molar refractivity (Wildman–Crippen MR) is 106 cm³/mol. The summed E-state index contributed by atoms with van der Waals surface area (Å²) in [5.74, 6) is 2.99. The molecule has 2 N–H and O–H groups in total. The number of thioether (sulfide) groups is 1. The molecule has 2 aromatic heterocycles. The smallest absolute Gasteiger partial charge is 0.142 e. The number of fused-ring (bicyclic) bond motifs is 3. The van der Waals surface area contributed by atoms with Crippen LogP contribution in [0.5, 0.6) is 5.75 Å². The van der Waals surface area contributed by atoms with Crippen LogP contribution in [0.2, 0.25) is 0 Å². The van der Waals surface area contributed by atoms with E-state index in [1.54, 1.807) is 30.2 Å².